The van der Waals surface area contributed by atoms with Crippen LogP contribution in [0.4, 0.5) is 4.39 Å². The number of nitrogens with one attached hydrogen (secondary N) is 2. The molecule has 0 atom stereocenters. The lowest BCUT2D eigenvalue weighted by molar-refractivity contribution is 0.0908. The van der Waals surface area contributed by atoms with Gasteiger partial charge < -0.3 is 10.3 Å². The number of carbonyl (C=O) groups excluding carboxylic acids is 1. The number of halogens is 1. The average molecular weight is 463 g/mol. The van der Waals surface area contributed by atoms with E-state index >= 15 is 0 Å². The van der Waals surface area contributed by atoms with E-state index in [9.17, 15) is 14.0 Å². The molecule has 0 aliphatic carbocycles. The predicted octanol–water partition coefficient (Wildman–Crippen LogP) is 4.19. The van der Waals surface area contributed by atoms with Crippen LogP contribution in [0.25, 0.3) is 20.7 Å². The van der Waals surface area contributed by atoms with Gasteiger partial charge in [-0.25, -0.2) is 9.37 Å². The molecule has 1 saturated heterocycles. The highest BCUT2D eigenvalue weighted by Crippen LogP contribution is 2.30. The van der Waals surface area contributed by atoms with E-state index < -0.39 is 0 Å². The van der Waals surface area contributed by atoms with Crippen LogP contribution in [-0.2, 0) is 6.54 Å². The highest BCUT2D eigenvalue weighted by atomic mass is 32.1. The number of fused-ring (bicyclic) bond motifs is 1. The minimum Gasteiger partial charge on any atom is -0.349 e. The highest BCUT2D eigenvalue weighted by Gasteiger charge is 2.22. The molecule has 2 aromatic carbocycles. The number of nitrogens with zero attached hydrogens (tertiary/aromatic N) is 2. The summed E-state index contributed by atoms with van der Waals surface area (Å²) >= 11 is 1.53. The molecular formula is C25H23FN4O2S. The van der Waals surface area contributed by atoms with Gasteiger partial charge in [0, 0.05) is 29.6 Å². The molecule has 0 saturated carbocycles. The SMILES string of the molecule is O=C(NC1CCN(Cc2nc3sc(-c4ccccc4)cc3c(=O)[nH]2)CC1)c1ccc(F)cc1. The van der Waals surface area contributed by atoms with E-state index in [1.807, 2.05) is 36.4 Å². The summed E-state index contributed by atoms with van der Waals surface area (Å²) in [5, 5.41) is 3.65. The molecule has 2 N–H and O–H groups in total. The van der Waals surface area contributed by atoms with E-state index in [0.717, 1.165) is 41.2 Å². The van der Waals surface area contributed by atoms with Gasteiger partial charge in [-0.05, 0) is 48.7 Å². The topological polar surface area (TPSA) is 78.1 Å². The van der Waals surface area contributed by atoms with E-state index in [1.165, 1.54) is 35.6 Å². The molecule has 0 spiro atoms. The molecule has 0 radical (unpaired) electrons. The second-order valence-corrected chi connectivity index (χ2v) is 9.27. The van der Waals surface area contributed by atoms with Crippen molar-refractivity contribution >= 4 is 27.5 Å². The monoisotopic (exact) mass is 462 g/mol. The number of aromatic nitrogens is 2. The van der Waals surface area contributed by atoms with Gasteiger partial charge in [0.1, 0.15) is 16.5 Å². The lowest BCUT2D eigenvalue weighted by Gasteiger charge is -2.31. The van der Waals surface area contributed by atoms with Gasteiger partial charge in [-0.3, -0.25) is 14.5 Å². The van der Waals surface area contributed by atoms with E-state index in [4.69, 9.17) is 4.98 Å². The number of rotatable bonds is 5. The van der Waals surface area contributed by atoms with Crippen LogP contribution < -0.4 is 10.9 Å². The maximum atomic E-state index is 13.1. The zero-order valence-electron chi connectivity index (χ0n) is 17.9. The number of hydrogen-bond donors (Lipinski definition) is 2. The Hall–Kier alpha value is -3.36. The maximum Gasteiger partial charge on any atom is 0.259 e. The fraction of sp³-hybridized carbons (Fsp3) is 0.240. The first-order chi connectivity index (χ1) is 16.0. The minimum atomic E-state index is -0.358. The van der Waals surface area contributed by atoms with Crippen molar-refractivity contribution in [3.8, 4) is 10.4 Å². The summed E-state index contributed by atoms with van der Waals surface area (Å²) in [7, 11) is 0. The van der Waals surface area contributed by atoms with Gasteiger partial charge in [0.15, 0.2) is 0 Å². The summed E-state index contributed by atoms with van der Waals surface area (Å²) in [6.07, 6.45) is 1.60. The maximum absolute atomic E-state index is 13.1. The number of H-pyrrole nitrogens is 1. The molecule has 2 aromatic heterocycles. The standard InChI is InChI=1S/C25H23FN4O2S/c26-18-8-6-17(7-9-18)23(31)27-19-10-12-30(13-11-19)15-22-28-24(32)20-14-21(33-25(20)29-22)16-4-2-1-3-5-16/h1-9,14,19H,10-13,15H2,(H,27,31)(H,28,29,32). The number of piperidine rings is 1. The normalized spacial score (nSPS) is 15.1. The third-order valence-electron chi connectivity index (χ3n) is 5.91. The zero-order valence-corrected chi connectivity index (χ0v) is 18.7. The number of amides is 1. The molecule has 1 aliphatic heterocycles. The number of thiophene rings is 1. The number of hydrogen-bond acceptors (Lipinski definition) is 5. The Morgan fingerprint density at radius 1 is 1.12 bits per heavy atom. The summed E-state index contributed by atoms with van der Waals surface area (Å²) in [6, 6.07) is 17.5. The first-order valence-corrected chi connectivity index (χ1v) is 11.7. The van der Waals surface area contributed by atoms with Gasteiger partial charge in [0.2, 0.25) is 0 Å². The van der Waals surface area contributed by atoms with Crippen molar-refractivity contribution in [1.29, 1.82) is 0 Å². The molecule has 0 bridgehead atoms. The van der Waals surface area contributed by atoms with Gasteiger partial charge in [-0.2, -0.15) is 0 Å². The summed E-state index contributed by atoms with van der Waals surface area (Å²) < 4.78 is 13.1. The Morgan fingerprint density at radius 2 is 1.85 bits per heavy atom. The Bertz CT molecular complexity index is 1330. The summed E-state index contributed by atoms with van der Waals surface area (Å²) in [4.78, 5) is 36.6. The molecule has 6 nitrogen and oxygen atoms in total. The lowest BCUT2D eigenvalue weighted by Crippen LogP contribution is -2.44. The van der Waals surface area contributed by atoms with Gasteiger partial charge in [-0.15, -0.1) is 11.3 Å². The minimum absolute atomic E-state index is 0.0685. The van der Waals surface area contributed by atoms with Crippen molar-refractivity contribution < 1.29 is 9.18 Å². The van der Waals surface area contributed by atoms with Crippen LogP contribution in [-0.4, -0.2) is 39.9 Å². The van der Waals surface area contributed by atoms with Crippen LogP contribution >= 0.6 is 11.3 Å². The number of benzene rings is 2. The smallest absolute Gasteiger partial charge is 0.259 e. The van der Waals surface area contributed by atoms with Crippen LogP contribution in [0.3, 0.4) is 0 Å². The molecule has 33 heavy (non-hydrogen) atoms. The van der Waals surface area contributed by atoms with Crippen LogP contribution in [0.2, 0.25) is 0 Å². The molecule has 168 valence electrons. The van der Waals surface area contributed by atoms with Gasteiger partial charge in [0.05, 0.1) is 11.9 Å². The van der Waals surface area contributed by atoms with Crippen molar-refractivity contribution in [2.75, 3.05) is 13.1 Å². The molecule has 5 rings (SSSR count). The van der Waals surface area contributed by atoms with E-state index in [2.05, 4.69) is 15.2 Å². The fourth-order valence-corrected chi connectivity index (χ4v) is 5.17. The zero-order chi connectivity index (χ0) is 22.8. The second kappa shape index (κ2) is 9.25. The number of likely N-dealkylation sites (tertiary alicyclic amines) is 1. The van der Waals surface area contributed by atoms with E-state index in [1.54, 1.807) is 0 Å². The van der Waals surface area contributed by atoms with Crippen LogP contribution in [0, 0.1) is 5.82 Å². The first kappa shape index (κ1) is 21.5. The molecule has 1 amide bonds. The van der Waals surface area contributed by atoms with Gasteiger partial charge in [-0.1, -0.05) is 30.3 Å². The molecule has 1 aliphatic rings. The Labute approximate surface area is 194 Å². The fourth-order valence-electron chi connectivity index (χ4n) is 4.11. The van der Waals surface area contributed by atoms with Crippen molar-refractivity contribution in [3.05, 3.63) is 88.2 Å². The summed E-state index contributed by atoms with van der Waals surface area (Å²) in [5.74, 6) is 0.114. The van der Waals surface area contributed by atoms with Crippen molar-refractivity contribution in [3.63, 3.8) is 0 Å². The van der Waals surface area contributed by atoms with E-state index in [0.29, 0.717) is 23.3 Å². The summed E-state index contributed by atoms with van der Waals surface area (Å²) in [5.41, 5.74) is 1.42. The average Bonchev–Trinajstić information content (AvgIpc) is 3.26. The summed E-state index contributed by atoms with van der Waals surface area (Å²) in [6.45, 7) is 2.13. The molecule has 0 unspecified atom stereocenters. The Balaban J connectivity index is 1.21. The molecule has 3 heterocycles. The molecular weight excluding hydrogens is 439 g/mol. The number of aromatic amines is 1. The molecule has 1 fully saturated rings. The Kier molecular flexibility index (Phi) is 6.02. The molecule has 8 heteroatoms. The van der Waals surface area contributed by atoms with Crippen LogP contribution in [0.15, 0.2) is 65.5 Å². The quantitative estimate of drug-likeness (QED) is 0.466. The van der Waals surface area contributed by atoms with Crippen molar-refractivity contribution in [1.82, 2.24) is 20.2 Å². The third-order valence-corrected chi connectivity index (χ3v) is 6.99. The third kappa shape index (κ3) is 4.86. The first-order valence-electron chi connectivity index (χ1n) is 10.9. The van der Waals surface area contributed by atoms with Crippen LogP contribution in [0.5, 0.6) is 0 Å². The van der Waals surface area contributed by atoms with E-state index in [-0.39, 0.29) is 23.3 Å². The van der Waals surface area contributed by atoms with Crippen molar-refractivity contribution in [2.24, 2.45) is 0 Å². The molecule has 4 aromatic rings. The van der Waals surface area contributed by atoms with Gasteiger partial charge in [0.25, 0.3) is 11.5 Å². The van der Waals surface area contributed by atoms with Crippen LogP contribution in [0.1, 0.15) is 29.0 Å². The van der Waals surface area contributed by atoms with Crippen molar-refractivity contribution in [2.45, 2.75) is 25.4 Å². The largest absolute Gasteiger partial charge is 0.349 e. The lowest BCUT2D eigenvalue weighted by atomic mass is 10.0. The predicted molar refractivity (Wildman–Crippen MR) is 128 cm³/mol. The second-order valence-electron chi connectivity index (χ2n) is 8.24. The Morgan fingerprint density at radius 3 is 2.58 bits per heavy atom. The highest BCUT2D eigenvalue weighted by molar-refractivity contribution is 7.21. The van der Waals surface area contributed by atoms with Gasteiger partial charge >= 0.3 is 0 Å². The number of carbonyl (C=O) groups is 1.